The summed E-state index contributed by atoms with van der Waals surface area (Å²) in [7, 11) is 0. The summed E-state index contributed by atoms with van der Waals surface area (Å²) in [5.41, 5.74) is -1.77. The third kappa shape index (κ3) is 3.23. The van der Waals surface area contributed by atoms with Crippen LogP contribution in [0.4, 0.5) is 5.00 Å². The molecular formula is C29H38ClNO5S. The normalized spacial score (nSPS) is 44.3. The average molecular weight is 548 g/mol. The summed E-state index contributed by atoms with van der Waals surface area (Å²) in [6.45, 7) is 9.93. The summed E-state index contributed by atoms with van der Waals surface area (Å²) in [5.74, 6) is 0.209. The number of nitrogens with zero attached hydrogens (tertiary/aromatic N) is 1. The summed E-state index contributed by atoms with van der Waals surface area (Å²) in [6.07, 6.45) is 6.25. The van der Waals surface area contributed by atoms with Gasteiger partial charge in [0.25, 0.3) is 0 Å². The second-order valence-electron chi connectivity index (χ2n) is 12.6. The predicted molar refractivity (Wildman–Crippen MR) is 144 cm³/mol. The first-order valence-electron chi connectivity index (χ1n) is 13.8. The Kier molecular flexibility index (Phi) is 6.15. The van der Waals surface area contributed by atoms with Gasteiger partial charge in [0.15, 0.2) is 6.29 Å². The van der Waals surface area contributed by atoms with Crippen molar-refractivity contribution in [1.82, 2.24) is 0 Å². The number of hydrogen-bond donors (Lipinski definition) is 1. The Morgan fingerprint density at radius 2 is 2.11 bits per heavy atom. The summed E-state index contributed by atoms with van der Waals surface area (Å²) in [5, 5.41) is 12.2. The molecule has 202 valence electrons. The van der Waals surface area contributed by atoms with Crippen LogP contribution in [0.2, 0.25) is 4.34 Å². The topological polar surface area (TPSA) is 76.1 Å². The quantitative estimate of drug-likeness (QED) is 0.338. The molecule has 0 spiro atoms. The van der Waals surface area contributed by atoms with Crippen LogP contribution in [0.3, 0.4) is 0 Å². The van der Waals surface area contributed by atoms with Crippen LogP contribution in [0.15, 0.2) is 23.8 Å². The summed E-state index contributed by atoms with van der Waals surface area (Å²) < 4.78 is 13.5. The van der Waals surface area contributed by atoms with Gasteiger partial charge in [-0.3, -0.25) is 4.79 Å². The smallest absolute Gasteiger partial charge is 0.315 e. The number of fused-ring (bicyclic) bond motifs is 2. The minimum Gasteiger partial charge on any atom is -0.481 e. The Bertz CT molecular complexity index is 1140. The highest BCUT2D eigenvalue weighted by Crippen LogP contribution is 2.82. The molecule has 1 aliphatic heterocycles. The highest BCUT2D eigenvalue weighted by Gasteiger charge is 2.84. The highest BCUT2D eigenvalue weighted by molar-refractivity contribution is 7.19. The average Bonchev–Trinajstić information content (AvgIpc) is 3.58. The van der Waals surface area contributed by atoms with Crippen molar-refractivity contribution in [3.63, 3.8) is 0 Å². The number of ether oxygens (including phenoxy) is 2. The number of hydrogen-bond acceptors (Lipinski definition) is 6. The molecule has 0 amide bonds. The van der Waals surface area contributed by atoms with Crippen LogP contribution in [0.25, 0.3) is 0 Å². The van der Waals surface area contributed by atoms with Crippen molar-refractivity contribution in [1.29, 1.82) is 0 Å². The number of aliphatic carboxylic acids is 1. The maximum absolute atomic E-state index is 13.6. The Balaban J connectivity index is 1.36. The number of morpholine rings is 1. The van der Waals surface area contributed by atoms with E-state index in [9.17, 15) is 14.7 Å². The molecule has 5 aliphatic rings. The van der Waals surface area contributed by atoms with Gasteiger partial charge in [0.05, 0.1) is 40.6 Å². The maximum Gasteiger partial charge on any atom is 0.315 e. The molecule has 1 aromatic rings. The first-order chi connectivity index (χ1) is 17.6. The van der Waals surface area contributed by atoms with Gasteiger partial charge in [0.2, 0.25) is 0 Å². The van der Waals surface area contributed by atoms with Crippen LogP contribution in [-0.4, -0.2) is 49.5 Å². The van der Waals surface area contributed by atoms with E-state index in [1.54, 1.807) is 11.3 Å². The van der Waals surface area contributed by atoms with Gasteiger partial charge in [-0.1, -0.05) is 50.4 Å². The van der Waals surface area contributed by atoms with Crippen molar-refractivity contribution in [2.24, 2.45) is 45.8 Å². The van der Waals surface area contributed by atoms with Crippen molar-refractivity contribution in [2.75, 3.05) is 24.7 Å². The Labute approximate surface area is 228 Å². The zero-order valence-corrected chi connectivity index (χ0v) is 23.7. The first kappa shape index (κ1) is 25.8. The molecule has 4 aliphatic carbocycles. The van der Waals surface area contributed by atoms with Crippen LogP contribution in [0.5, 0.6) is 0 Å². The number of carboxylic acid groups (broad SMARTS) is 1. The molecule has 4 bridgehead atoms. The second kappa shape index (κ2) is 8.80. The fourth-order valence-electron chi connectivity index (χ4n) is 9.47. The molecule has 1 aromatic heterocycles. The number of thiophene rings is 1. The SMILES string of the molecule is CC(C)C1=CC2CC3(C=O)[C@@H]4CC[C@@H](C)[C@H]4CC2(CO[C@H]2CN(c4ccc(Cl)s4)[C@H](C)CO2)[C@]13C(=O)O. The lowest BCUT2D eigenvalue weighted by atomic mass is 9.43. The molecule has 8 heteroatoms. The Hall–Kier alpha value is -1.41. The molecule has 0 aromatic carbocycles. The van der Waals surface area contributed by atoms with E-state index in [0.29, 0.717) is 38.0 Å². The molecule has 1 N–H and O–H groups in total. The van der Waals surface area contributed by atoms with Crippen molar-refractivity contribution < 1.29 is 24.2 Å². The van der Waals surface area contributed by atoms with E-state index in [1.807, 2.05) is 12.1 Å². The number of halogens is 1. The van der Waals surface area contributed by atoms with E-state index in [-0.39, 0.29) is 23.8 Å². The van der Waals surface area contributed by atoms with Crippen LogP contribution in [-0.2, 0) is 19.1 Å². The molecule has 4 fully saturated rings. The Morgan fingerprint density at radius 1 is 1.32 bits per heavy atom. The summed E-state index contributed by atoms with van der Waals surface area (Å²) in [4.78, 5) is 29.0. The molecule has 0 radical (unpaired) electrons. The van der Waals surface area contributed by atoms with Gasteiger partial charge in [-0.15, -0.1) is 11.3 Å². The molecule has 3 unspecified atom stereocenters. The van der Waals surface area contributed by atoms with E-state index < -0.39 is 28.5 Å². The zero-order chi connectivity index (χ0) is 26.3. The van der Waals surface area contributed by atoms with E-state index in [1.165, 1.54) is 0 Å². The first-order valence-corrected chi connectivity index (χ1v) is 15.0. The summed E-state index contributed by atoms with van der Waals surface area (Å²) in [6, 6.07) is 4.12. The van der Waals surface area contributed by atoms with Gasteiger partial charge in [-0.05, 0) is 67.9 Å². The number of allylic oxidation sites excluding steroid dienone is 1. The number of carbonyl (C=O) groups is 2. The maximum atomic E-state index is 13.6. The fraction of sp³-hybridized carbons (Fsp3) is 0.724. The molecule has 3 saturated carbocycles. The van der Waals surface area contributed by atoms with Crippen LogP contribution >= 0.6 is 22.9 Å². The number of carboxylic acids is 1. The van der Waals surface area contributed by atoms with Gasteiger partial charge in [-0.25, -0.2) is 0 Å². The van der Waals surface area contributed by atoms with Gasteiger partial charge in [0, 0.05) is 5.41 Å². The number of anilines is 1. The minimum absolute atomic E-state index is 0.0266. The van der Waals surface area contributed by atoms with Crippen molar-refractivity contribution in [3.8, 4) is 0 Å². The molecule has 2 heterocycles. The largest absolute Gasteiger partial charge is 0.481 e. The molecule has 6 rings (SSSR count). The van der Waals surface area contributed by atoms with E-state index in [0.717, 1.165) is 40.5 Å². The third-order valence-electron chi connectivity index (χ3n) is 10.9. The molecule has 1 saturated heterocycles. The van der Waals surface area contributed by atoms with E-state index in [4.69, 9.17) is 21.1 Å². The lowest BCUT2D eigenvalue weighted by Gasteiger charge is -2.58. The van der Waals surface area contributed by atoms with Gasteiger partial charge >= 0.3 is 5.97 Å². The lowest BCUT2D eigenvalue weighted by Crippen LogP contribution is -2.64. The number of aldehydes is 1. The minimum atomic E-state index is -1.21. The molecule has 9 atom stereocenters. The van der Waals surface area contributed by atoms with Crippen LogP contribution in [0.1, 0.15) is 53.4 Å². The standard InChI is InChI=1S/C29H38ClNO5S/c1-16(2)22-9-19-10-27(14-32)21-6-5-17(3)20(21)11-28(19,29(22,27)26(33)34)15-36-25-12-31(18(4)13-35-25)24-8-7-23(30)37-24/h7-9,14,16-21,25H,5-6,10-13,15H2,1-4H3,(H,33,34)/t17-,18-,19?,20-,21-,25+,27?,28?,29+/m1/s1. The van der Waals surface area contributed by atoms with Gasteiger partial charge < -0.3 is 24.3 Å². The van der Waals surface area contributed by atoms with Crippen LogP contribution in [0, 0.1) is 45.8 Å². The van der Waals surface area contributed by atoms with Crippen molar-refractivity contribution >= 4 is 40.2 Å². The van der Waals surface area contributed by atoms with E-state index in [2.05, 4.69) is 38.7 Å². The van der Waals surface area contributed by atoms with Gasteiger partial charge in [-0.2, -0.15) is 0 Å². The number of carbonyl (C=O) groups excluding carboxylic acids is 1. The lowest BCUT2D eigenvalue weighted by molar-refractivity contribution is -0.211. The van der Waals surface area contributed by atoms with Crippen molar-refractivity contribution in [2.45, 2.75) is 65.7 Å². The third-order valence-corrected chi connectivity index (χ3v) is 12.2. The zero-order valence-electron chi connectivity index (χ0n) is 22.1. The van der Waals surface area contributed by atoms with E-state index >= 15 is 0 Å². The highest BCUT2D eigenvalue weighted by atomic mass is 35.5. The molecular weight excluding hydrogens is 510 g/mol. The predicted octanol–water partition coefficient (Wildman–Crippen LogP) is 5.89. The number of rotatable bonds is 7. The van der Waals surface area contributed by atoms with Crippen LogP contribution < -0.4 is 4.90 Å². The van der Waals surface area contributed by atoms with Gasteiger partial charge in [0.1, 0.15) is 11.7 Å². The Morgan fingerprint density at radius 3 is 2.76 bits per heavy atom. The fourth-order valence-corrected chi connectivity index (χ4v) is 10.6. The van der Waals surface area contributed by atoms with Crippen molar-refractivity contribution in [3.05, 3.63) is 28.1 Å². The summed E-state index contributed by atoms with van der Waals surface area (Å²) >= 11 is 7.76. The molecule has 37 heavy (non-hydrogen) atoms. The molecule has 6 nitrogen and oxygen atoms in total. The monoisotopic (exact) mass is 547 g/mol. The second-order valence-corrected chi connectivity index (χ2v) is 14.3.